The largest absolute Gasteiger partial charge is 0.459 e. The summed E-state index contributed by atoms with van der Waals surface area (Å²) in [6.07, 6.45) is 3.69. The number of fused-ring (bicyclic) bond motifs is 1. The first-order valence-electron chi connectivity index (χ1n) is 8.12. The van der Waals surface area contributed by atoms with Crippen LogP contribution in [0.2, 0.25) is 0 Å². The standard InChI is InChI=1S/C19H28O2/c1-6-18(3,4)17(20)21-19(5,7-2)16-12-14-10-8-9-11-15(14)13-16/h8-11,16H,6-7,12-13H2,1-5H3. The van der Waals surface area contributed by atoms with Gasteiger partial charge in [-0.2, -0.15) is 0 Å². The van der Waals surface area contributed by atoms with Crippen molar-refractivity contribution in [3.8, 4) is 0 Å². The Morgan fingerprint density at radius 2 is 1.62 bits per heavy atom. The van der Waals surface area contributed by atoms with Crippen molar-refractivity contribution in [3.63, 3.8) is 0 Å². The third kappa shape index (κ3) is 3.14. The van der Waals surface area contributed by atoms with Crippen LogP contribution in [0.3, 0.4) is 0 Å². The maximum absolute atomic E-state index is 12.5. The van der Waals surface area contributed by atoms with Crippen molar-refractivity contribution in [3.05, 3.63) is 35.4 Å². The number of carbonyl (C=O) groups is 1. The molecule has 0 aliphatic heterocycles. The minimum atomic E-state index is -0.401. The molecule has 0 N–H and O–H groups in total. The monoisotopic (exact) mass is 288 g/mol. The molecule has 1 aromatic rings. The van der Waals surface area contributed by atoms with Gasteiger partial charge >= 0.3 is 5.97 Å². The molecule has 0 fully saturated rings. The molecular formula is C19H28O2. The lowest BCUT2D eigenvalue weighted by Gasteiger charge is -2.37. The van der Waals surface area contributed by atoms with E-state index in [1.54, 1.807) is 0 Å². The fourth-order valence-electron chi connectivity index (χ4n) is 2.93. The van der Waals surface area contributed by atoms with Gasteiger partial charge in [0.1, 0.15) is 5.60 Å². The molecule has 0 spiro atoms. The minimum absolute atomic E-state index is 0.0645. The second kappa shape index (κ2) is 5.82. The van der Waals surface area contributed by atoms with Gasteiger partial charge in [-0.15, -0.1) is 0 Å². The Morgan fingerprint density at radius 3 is 2.05 bits per heavy atom. The molecule has 0 aromatic heterocycles. The van der Waals surface area contributed by atoms with E-state index in [-0.39, 0.29) is 11.6 Å². The van der Waals surface area contributed by atoms with Gasteiger partial charge in [0.15, 0.2) is 0 Å². The number of ether oxygens (including phenoxy) is 1. The second-order valence-corrected chi connectivity index (χ2v) is 7.17. The molecule has 0 bridgehead atoms. The molecule has 0 saturated heterocycles. The van der Waals surface area contributed by atoms with Crippen LogP contribution in [-0.4, -0.2) is 11.6 Å². The van der Waals surface area contributed by atoms with Crippen LogP contribution in [0.5, 0.6) is 0 Å². The molecular weight excluding hydrogens is 260 g/mol. The Kier molecular flexibility index (Phi) is 4.46. The van der Waals surface area contributed by atoms with Gasteiger partial charge in [0.05, 0.1) is 5.41 Å². The van der Waals surface area contributed by atoms with E-state index >= 15 is 0 Å². The Bertz CT molecular complexity index is 493. The van der Waals surface area contributed by atoms with Crippen molar-refractivity contribution >= 4 is 5.97 Å². The summed E-state index contributed by atoms with van der Waals surface area (Å²) >= 11 is 0. The lowest BCUT2D eigenvalue weighted by molar-refractivity contribution is -0.175. The van der Waals surface area contributed by atoms with Crippen LogP contribution in [0.15, 0.2) is 24.3 Å². The molecule has 2 heteroatoms. The number of esters is 1. The summed E-state index contributed by atoms with van der Waals surface area (Å²) in [5.41, 5.74) is 2.05. The summed E-state index contributed by atoms with van der Waals surface area (Å²) in [7, 11) is 0. The summed E-state index contributed by atoms with van der Waals surface area (Å²) in [5, 5.41) is 0. The molecule has 21 heavy (non-hydrogen) atoms. The highest BCUT2D eigenvalue weighted by atomic mass is 16.6. The third-order valence-electron chi connectivity index (χ3n) is 5.38. The van der Waals surface area contributed by atoms with Gasteiger partial charge in [-0.25, -0.2) is 0 Å². The van der Waals surface area contributed by atoms with E-state index in [0.29, 0.717) is 5.92 Å². The Balaban J connectivity index is 2.14. The highest BCUT2D eigenvalue weighted by molar-refractivity contribution is 5.76. The number of benzene rings is 1. The normalized spacial score (nSPS) is 18.1. The number of carbonyl (C=O) groups excluding carboxylic acids is 1. The van der Waals surface area contributed by atoms with Crippen LogP contribution in [0.4, 0.5) is 0 Å². The first kappa shape index (κ1) is 16.1. The van der Waals surface area contributed by atoms with Gasteiger partial charge in [-0.1, -0.05) is 38.1 Å². The van der Waals surface area contributed by atoms with Crippen molar-refractivity contribution in [1.29, 1.82) is 0 Å². The van der Waals surface area contributed by atoms with Crippen molar-refractivity contribution in [1.82, 2.24) is 0 Å². The lowest BCUT2D eigenvalue weighted by Crippen LogP contribution is -2.43. The van der Waals surface area contributed by atoms with Gasteiger partial charge in [-0.05, 0) is 57.6 Å². The molecule has 1 aliphatic carbocycles. The Labute approximate surface area is 128 Å². The Morgan fingerprint density at radius 1 is 1.10 bits per heavy atom. The van der Waals surface area contributed by atoms with Crippen molar-refractivity contribution in [2.45, 2.75) is 65.9 Å². The summed E-state index contributed by atoms with van der Waals surface area (Å²) < 4.78 is 6.02. The predicted octanol–water partition coefficient (Wildman–Crippen LogP) is 4.55. The summed E-state index contributed by atoms with van der Waals surface area (Å²) in [6.45, 7) is 10.2. The van der Waals surface area contributed by atoms with Crippen LogP contribution in [0, 0.1) is 11.3 Å². The molecule has 116 valence electrons. The first-order valence-corrected chi connectivity index (χ1v) is 8.12. The van der Waals surface area contributed by atoms with Gasteiger partial charge in [0, 0.05) is 5.92 Å². The average molecular weight is 288 g/mol. The van der Waals surface area contributed by atoms with Gasteiger partial charge in [0.25, 0.3) is 0 Å². The topological polar surface area (TPSA) is 26.3 Å². The number of hydrogen-bond donors (Lipinski definition) is 0. The molecule has 1 aromatic carbocycles. The quantitative estimate of drug-likeness (QED) is 0.743. The van der Waals surface area contributed by atoms with Crippen molar-refractivity contribution < 1.29 is 9.53 Å². The van der Waals surface area contributed by atoms with E-state index in [1.165, 1.54) is 11.1 Å². The summed E-state index contributed by atoms with van der Waals surface area (Å²) in [5.74, 6) is 0.321. The zero-order valence-electron chi connectivity index (χ0n) is 14.0. The third-order valence-corrected chi connectivity index (χ3v) is 5.38. The molecule has 1 aliphatic rings. The maximum atomic E-state index is 12.5. The van der Waals surface area contributed by atoms with E-state index in [4.69, 9.17) is 4.74 Å². The molecule has 2 rings (SSSR count). The first-order chi connectivity index (χ1) is 9.82. The van der Waals surface area contributed by atoms with E-state index < -0.39 is 5.41 Å². The zero-order valence-corrected chi connectivity index (χ0v) is 14.0. The minimum Gasteiger partial charge on any atom is -0.459 e. The van der Waals surface area contributed by atoms with E-state index in [2.05, 4.69) is 38.1 Å². The zero-order chi connectivity index (χ0) is 15.7. The van der Waals surface area contributed by atoms with Gasteiger partial charge in [0.2, 0.25) is 0 Å². The van der Waals surface area contributed by atoms with Crippen LogP contribution in [-0.2, 0) is 22.4 Å². The van der Waals surface area contributed by atoms with E-state index in [1.807, 2.05) is 20.8 Å². The maximum Gasteiger partial charge on any atom is 0.312 e. The number of hydrogen-bond acceptors (Lipinski definition) is 2. The molecule has 0 saturated carbocycles. The molecule has 2 nitrogen and oxygen atoms in total. The van der Waals surface area contributed by atoms with Crippen molar-refractivity contribution in [2.75, 3.05) is 0 Å². The van der Waals surface area contributed by atoms with Crippen LogP contribution < -0.4 is 0 Å². The van der Waals surface area contributed by atoms with Crippen LogP contribution >= 0.6 is 0 Å². The average Bonchev–Trinajstić information content (AvgIpc) is 2.91. The summed E-state index contributed by atoms with van der Waals surface area (Å²) in [4.78, 5) is 12.5. The molecule has 1 atom stereocenters. The SMILES string of the molecule is CCC(C)(C)C(=O)OC(C)(CC)C1Cc2ccccc2C1. The van der Waals surface area contributed by atoms with E-state index in [0.717, 1.165) is 25.7 Å². The highest BCUT2D eigenvalue weighted by Crippen LogP contribution is 2.39. The van der Waals surface area contributed by atoms with Crippen LogP contribution in [0.1, 0.15) is 58.6 Å². The molecule has 0 radical (unpaired) electrons. The fraction of sp³-hybridized carbons (Fsp3) is 0.632. The fourth-order valence-corrected chi connectivity index (χ4v) is 2.93. The lowest BCUT2D eigenvalue weighted by atomic mass is 9.83. The van der Waals surface area contributed by atoms with Gasteiger partial charge in [-0.3, -0.25) is 4.79 Å². The smallest absolute Gasteiger partial charge is 0.312 e. The molecule has 0 amide bonds. The predicted molar refractivity (Wildman–Crippen MR) is 86.2 cm³/mol. The van der Waals surface area contributed by atoms with Gasteiger partial charge < -0.3 is 4.74 Å². The highest BCUT2D eigenvalue weighted by Gasteiger charge is 2.42. The van der Waals surface area contributed by atoms with Crippen molar-refractivity contribution in [2.24, 2.45) is 11.3 Å². The Hall–Kier alpha value is -1.31. The number of rotatable bonds is 5. The second-order valence-electron chi connectivity index (χ2n) is 7.17. The molecule has 1 unspecified atom stereocenters. The summed E-state index contributed by atoms with van der Waals surface area (Å²) in [6, 6.07) is 8.58. The van der Waals surface area contributed by atoms with E-state index in [9.17, 15) is 4.79 Å². The van der Waals surface area contributed by atoms with Crippen LogP contribution in [0.25, 0.3) is 0 Å². The molecule has 0 heterocycles.